The quantitative estimate of drug-likeness (QED) is 0.618. The Hall–Kier alpha value is -0.120. The van der Waals surface area contributed by atoms with Gasteiger partial charge < -0.3 is 16.0 Å². The van der Waals surface area contributed by atoms with Crippen LogP contribution in [0.5, 0.6) is 0 Å². The van der Waals surface area contributed by atoms with Gasteiger partial charge >= 0.3 is 0 Å². The van der Waals surface area contributed by atoms with Crippen molar-refractivity contribution in [2.75, 3.05) is 39.3 Å². The molecule has 0 saturated carbocycles. The average Bonchev–Trinajstić information content (AvgIpc) is 2.61. The van der Waals surface area contributed by atoms with Crippen LogP contribution in [0, 0.1) is 11.8 Å². The van der Waals surface area contributed by atoms with Gasteiger partial charge in [0.1, 0.15) is 0 Å². The summed E-state index contributed by atoms with van der Waals surface area (Å²) in [4.78, 5) is 2.56. The number of hydrogen-bond acceptors (Lipinski definition) is 3. The van der Waals surface area contributed by atoms with E-state index in [4.69, 9.17) is 5.73 Å². The van der Waals surface area contributed by atoms with Crippen molar-refractivity contribution in [3.63, 3.8) is 0 Å². The zero-order valence-corrected chi connectivity index (χ0v) is 10.3. The van der Waals surface area contributed by atoms with Gasteiger partial charge in [0.05, 0.1) is 0 Å². The van der Waals surface area contributed by atoms with Gasteiger partial charge in [-0.15, -0.1) is 0 Å². The third-order valence-corrected chi connectivity index (χ3v) is 3.10. The molecule has 1 fully saturated rings. The molecule has 0 aromatic heterocycles. The molecule has 1 aliphatic heterocycles. The Kier molecular flexibility index (Phi) is 6.22. The van der Waals surface area contributed by atoms with E-state index in [1.54, 1.807) is 0 Å². The molecule has 3 N–H and O–H groups in total. The van der Waals surface area contributed by atoms with Crippen LogP contribution in [-0.2, 0) is 0 Å². The van der Waals surface area contributed by atoms with Crippen molar-refractivity contribution < 1.29 is 0 Å². The smallest absolute Gasteiger partial charge is 0.0107 e. The minimum atomic E-state index is 0.758. The fraction of sp³-hybridized carbons (Fsp3) is 1.00. The second kappa shape index (κ2) is 7.20. The fourth-order valence-corrected chi connectivity index (χ4v) is 2.22. The Bertz CT molecular complexity index is 159. The van der Waals surface area contributed by atoms with Crippen molar-refractivity contribution in [2.45, 2.75) is 26.7 Å². The lowest BCUT2D eigenvalue weighted by Crippen LogP contribution is -2.32. The summed E-state index contributed by atoms with van der Waals surface area (Å²) in [5, 5.41) is 3.49. The number of likely N-dealkylation sites (tertiary alicyclic amines) is 1. The summed E-state index contributed by atoms with van der Waals surface area (Å²) in [7, 11) is 0. The summed E-state index contributed by atoms with van der Waals surface area (Å²) in [6.07, 6.45) is 2.55. The Morgan fingerprint density at radius 3 is 2.93 bits per heavy atom. The van der Waals surface area contributed by atoms with E-state index in [2.05, 4.69) is 24.1 Å². The van der Waals surface area contributed by atoms with Crippen LogP contribution < -0.4 is 11.1 Å². The molecule has 1 atom stereocenters. The van der Waals surface area contributed by atoms with Crippen molar-refractivity contribution in [3.05, 3.63) is 0 Å². The lowest BCUT2D eigenvalue weighted by atomic mass is 10.1. The van der Waals surface area contributed by atoms with Crippen molar-refractivity contribution in [3.8, 4) is 0 Å². The zero-order chi connectivity index (χ0) is 11.1. The summed E-state index contributed by atoms with van der Waals surface area (Å²) < 4.78 is 0. The van der Waals surface area contributed by atoms with Crippen LogP contribution in [0.25, 0.3) is 0 Å². The highest BCUT2D eigenvalue weighted by Gasteiger charge is 2.20. The van der Waals surface area contributed by atoms with E-state index in [0.717, 1.165) is 31.5 Å². The minimum absolute atomic E-state index is 0.758. The molecule has 0 aliphatic carbocycles. The first-order chi connectivity index (χ1) is 7.22. The molecule has 15 heavy (non-hydrogen) atoms. The van der Waals surface area contributed by atoms with Gasteiger partial charge in [0, 0.05) is 19.6 Å². The molecule has 0 aromatic carbocycles. The number of nitrogens with zero attached hydrogens (tertiary/aromatic N) is 1. The Morgan fingerprint density at radius 1 is 1.47 bits per heavy atom. The van der Waals surface area contributed by atoms with E-state index in [0.29, 0.717) is 0 Å². The van der Waals surface area contributed by atoms with Gasteiger partial charge in [0.25, 0.3) is 0 Å². The molecule has 1 rings (SSSR count). The summed E-state index contributed by atoms with van der Waals surface area (Å²) in [6, 6.07) is 0. The first-order valence-corrected chi connectivity index (χ1v) is 6.35. The molecule has 0 aromatic rings. The Balaban J connectivity index is 1.99. The van der Waals surface area contributed by atoms with E-state index in [9.17, 15) is 0 Å². The summed E-state index contributed by atoms with van der Waals surface area (Å²) in [5.41, 5.74) is 5.58. The standard InChI is InChI=1S/C12H27N3/c1-11(2)9-14-6-8-15-7-4-12(10-15)3-5-13/h11-12,14H,3-10,13H2,1-2H3. The van der Waals surface area contributed by atoms with Gasteiger partial charge in [-0.1, -0.05) is 13.8 Å². The van der Waals surface area contributed by atoms with Gasteiger partial charge in [-0.3, -0.25) is 0 Å². The third kappa shape index (κ3) is 5.50. The number of hydrogen-bond donors (Lipinski definition) is 2. The lowest BCUT2D eigenvalue weighted by molar-refractivity contribution is 0.317. The predicted octanol–water partition coefficient (Wildman–Crippen LogP) is 0.903. The highest BCUT2D eigenvalue weighted by Crippen LogP contribution is 2.17. The molecule has 1 heterocycles. The Labute approximate surface area is 94.4 Å². The number of nitrogens with one attached hydrogen (secondary N) is 1. The van der Waals surface area contributed by atoms with Crippen LogP contribution in [0.4, 0.5) is 0 Å². The maximum absolute atomic E-state index is 5.58. The summed E-state index contributed by atoms with van der Waals surface area (Å²) in [5.74, 6) is 1.62. The topological polar surface area (TPSA) is 41.3 Å². The van der Waals surface area contributed by atoms with Crippen molar-refractivity contribution in [1.29, 1.82) is 0 Å². The third-order valence-electron chi connectivity index (χ3n) is 3.10. The number of rotatable bonds is 7. The molecule has 3 heteroatoms. The first-order valence-electron chi connectivity index (χ1n) is 6.35. The molecule has 1 saturated heterocycles. The normalized spacial score (nSPS) is 22.8. The van der Waals surface area contributed by atoms with Crippen molar-refractivity contribution in [1.82, 2.24) is 10.2 Å². The van der Waals surface area contributed by atoms with Crippen LogP contribution in [0.1, 0.15) is 26.7 Å². The zero-order valence-electron chi connectivity index (χ0n) is 10.3. The second-order valence-electron chi connectivity index (χ2n) is 5.13. The highest BCUT2D eigenvalue weighted by atomic mass is 15.2. The molecule has 1 aliphatic rings. The maximum atomic E-state index is 5.58. The van der Waals surface area contributed by atoms with Gasteiger partial charge in [-0.05, 0) is 44.3 Å². The molecular weight excluding hydrogens is 186 g/mol. The monoisotopic (exact) mass is 213 g/mol. The SMILES string of the molecule is CC(C)CNCCN1CCC(CCN)C1. The molecule has 3 nitrogen and oxygen atoms in total. The van der Waals surface area contributed by atoms with Crippen molar-refractivity contribution >= 4 is 0 Å². The van der Waals surface area contributed by atoms with Gasteiger partial charge in [0.2, 0.25) is 0 Å². The largest absolute Gasteiger partial charge is 0.330 e. The van der Waals surface area contributed by atoms with E-state index in [1.807, 2.05) is 0 Å². The summed E-state index contributed by atoms with van der Waals surface area (Å²) in [6.45, 7) is 11.4. The number of nitrogens with two attached hydrogens (primary N) is 1. The Morgan fingerprint density at radius 2 is 2.27 bits per heavy atom. The highest BCUT2D eigenvalue weighted by molar-refractivity contribution is 4.76. The molecule has 0 bridgehead atoms. The average molecular weight is 213 g/mol. The molecule has 90 valence electrons. The van der Waals surface area contributed by atoms with Gasteiger partial charge in [-0.25, -0.2) is 0 Å². The van der Waals surface area contributed by atoms with Gasteiger partial charge in [0.15, 0.2) is 0 Å². The van der Waals surface area contributed by atoms with E-state index >= 15 is 0 Å². The van der Waals surface area contributed by atoms with Crippen molar-refractivity contribution in [2.24, 2.45) is 17.6 Å². The van der Waals surface area contributed by atoms with Crippen LogP contribution >= 0.6 is 0 Å². The lowest BCUT2D eigenvalue weighted by Gasteiger charge is -2.16. The van der Waals surface area contributed by atoms with E-state index in [1.165, 1.54) is 32.5 Å². The molecule has 0 amide bonds. The van der Waals surface area contributed by atoms with Crippen LogP contribution in [0.2, 0.25) is 0 Å². The maximum Gasteiger partial charge on any atom is 0.0107 e. The minimum Gasteiger partial charge on any atom is -0.330 e. The molecule has 0 spiro atoms. The van der Waals surface area contributed by atoms with Crippen LogP contribution in [0.3, 0.4) is 0 Å². The molecule has 1 unspecified atom stereocenters. The van der Waals surface area contributed by atoms with E-state index in [-0.39, 0.29) is 0 Å². The second-order valence-corrected chi connectivity index (χ2v) is 5.13. The van der Waals surface area contributed by atoms with Crippen LogP contribution in [0.15, 0.2) is 0 Å². The predicted molar refractivity (Wildman–Crippen MR) is 65.9 cm³/mol. The first kappa shape index (κ1) is 12.9. The molecule has 0 radical (unpaired) electrons. The van der Waals surface area contributed by atoms with Gasteiger partial charge in [-0.2, -0.15) is 0 Å². The fourth-order valence-electron chi connectivity index (χ4n) is 2.22. The van der Waals surface area contributed by atoms with E-state index < -0.39 is 0 Å². The van der Waals surface area contributed by atoms with Crippen LogP contribution in [-0.4, -0.2) is 44.2 Å². The molecular formula is C12H27N3. The summed E-state index contributed by atoms with van der Waals surface area (Å²) >= 11 is 0.